The smallest absolute Gasteiger partial charge is 0.191 e. The normalized spacial score (nSPS) is 14.8. The Morgan fingerprint density at radius 1 is 1.03 bits per heavy atom. The second-order valence-electron chi connectivity index (χ2n) is 7.97. The zero-order valence-electron chi connectivity index (χ0n) is 20.7. The molecular weight excluding hydrogens is 517 g/mol. The summed E-state index contributed by atoms with van der Waals surface area (Å²) in [6.45, 7) is 13.8. The van der Waals surface area contributed by atoms with Gasteiger partial charge in [-0.2, -0.15) is 0 Å². The van der Waals surface area contributed by atoms with Crippen molar-refractivity contribution in [1.29, 1.82) is 0 Å². The third-order valence-corrected chi connectivity index (χ3v) is 5.93. The average molecular weight is 562 g/mol. The number of halogens is 1. The number of guanidine groups is 1. The molecule has 1 aliphatic rings. The van der Waals surface area contributed by atoms with E-state index in [4.69, 9.17) is 14.5 Å². The molecule has 0 amide bonds. The summed E-state index contributed by atoms with van der Waals surface area (Å²) in [5, 5.41) is 7.06. The van der Waals surface area contributed by atoms with E-state index in [1.807, 2.05) is 6.07 Å². The molecule has 1 heterocycles. The van der Waals surface area contributed by atoms with Crippen LogP contribution in [0, 0.1) is 0 Å². The number of nitrogens with one attached hydrogen (secondary N) is 2. The summed E-state index contributed by atoms with van der Waals surface area (Å²) in [6, 6.07) is 6.52. The third-order valence-electron chi connectivity index (χ3n) is 5.93. The van der Waals surface area contributed by atoms with Crippen LogP contribution >= 0.6 is 24.0 Å². The molecule has 32 heavy (non-hydrogen) atoms. The Morgan fingerprint density at radius 2 is 1.66 bits per heavy atom. The minimum Gasteiger partial charge on any atom is -0.497 e. The lowest BCUT2D eigenvalue weighted by Gasteiger charge is -2.34. The fraction of sp³-hybridized carbons (Fsp3) is 0.708. The minimum atomic E-state index is 0. The van der Waals surface area contributed by atoms with Crippen molar-refractivity contribution < 1.29 is 9.47 Å². The molecule has 2 N–H and O–H groups in total. The SMILES string of the molecule is CCNC(=NCCCCN(CC)CC)NC1CCN(c2cc(OC)cc(OC)c2)CC1.I. The van der Waals surface area contributed by atoms with Crippen LogP contribution in [-0.4, -0.2) is 76.9 Å². The van der Waals surface area contributed by atoms with E-state index < -0.39 is 0 Å². The Kier molecular flexibility index (Phi) is 14.5. The van der Waals surface area contributed by atoms with E-state index in [2.05, 4.69) is 53.3 Å². The second-order valence-corrected chi connectivity index (χ2v) is 7.97. The van der Waals surface area contributed by atoms with Gasteiger partial charge in [-0.3, -0.25) is 4.99 Å². The van der Waals surface area contributed by atoms with Crippen LogP contribution in [0.3, 0.4) is 0 Å². The van der Waals surface area contributed by atoms with Crippen LogP contribution in [0.2, 0.25) is 0 Å². The van der Waals surface area contributed by atoms with Crippen molar-refractivity contribution >= 4 is 35.6 Å². The van der Waals surface area contributed by atoms with Gasteiger partial charge >= 0.3 is 0 Å². The number of anilines is 1. The summed E-state index contributed by atoms with van der Waals surface area (Å²) < 4.78 is 10.8. The van der Waals surface area contributed by atoms with E-state index in [1.54, 1.807) is 14.2 Å². The molecule has 7 nitrogen and oxygen atoms in total. The predicted molar refractivity (Wildman–Crippen MR) is 146 cm³/mol. The van der Waals surface area contributed by atoms with Gasteiger partial charge in [-0.05, 0) is 52.2 Å². The molecule has 0 unspecified atom stereocenters. The molecular formula is C24H44IN5O2. The van der Waals surface area contributed by atoms with Gasteiger partial charge in [0, 0.05) is 56.1 Å². The summed E-state index contributed by atoms with van der Waals surface area (Å²) in [7, 11) is 3.39. The highest BCUT2D eigenvalue weighted by atomic mass is 127. The zero-order chi connectivity index (χ0) is 22.5. The number of nitrogens with zero attached hydrogens (tertiary/aromatic N) is 3. The van der Waals surface area contributed by atoms with E-state index in [9.17, 15) is 0 Å². The maximum atomic E-state index is 5.42. The Labute approximate surface area is 212 Å². The van der Waals surface area contributed by atoms with Crippen molar-refractivity contribution in [3.8, 4) is 11.5 Å². The molecule has 0 atom stereocenters. The van der Waals surface area contributed by atoms with E-state index in [0.717, 1.165) is 81.7 Å². The Bertz CT molecular complexity index is 640. The maximum absolute atomic E-state index is 5.42. The predicted octanol–water partition coefficient (Wildman–Crippen LogP) is 3.97. The van der Waals surface area contributed by atoms with E-state index in [1.165, 1.54) is 13.0 Å². The number of hydrogen-bond donors (Lipinski definition) is 2. The molecule has 1 aliphatic heterocycles. The van der Waals surface area contributed by atoms with Crippen LogP contribution in [0.1, 0.15) is 46.5 Å². The molecule has 1 aromatic carbocycles. The van der Waals surface area contributed by atoms with Gasteiger partial charge in [0.25, 0.3) is 0 Å². The van der Waals surface area contributed by atoms with Gasteiger partial charge in [0.15, 0.2) is 5.96 Å². The molecule has 0 spiro atoms. The zero-order valence-corrected chi connectivity index (χ0v) is 23.0. The van der Waals surface area contributed by atoms with Crippen molar-refractivity contribution in [1.82, 2.24) is 15.5 Å². The number of unbranched alkanes of at least 4 members (excludes halogenated alkanes) is 1. The van der Waals surface area contributed by atoms with Gasteiger partial charge in [-0.25, -0.2) is 0 Å². The first kappa shape index (κ1) is 28.6. The van der Waals surface area contributed by atoms with Crippen LogP contribution in [-0.2, 0) is 0 Å². The molecule has 184 valence electrons. The van der Waals surface area contributed by atoms with Crippen LogP contribution < -0.4 is 25.0 Å². The Balaban J connectivity index is 0.00000512. The lowest BCUT2D eigenvalue weighted by Crippen LogP contribution is -2.48. The standard InChI is InChI=1S/C24H43N5O2.HI/c1-6-25-24(26-13-9-10-14-28(7-2)8-3)27-20-11-15-29(16-12-20)21-17-22(30-4)19-23(18-21)31-5;/h17-20H,6-16H2,1-5H3,(H2,25,26,27);1H. The highest BCUT2D eigenvalue weighted by Crippen LogP contribution is 2.30. The largest absolute Gasteiger partial charge is 0.497 e. The molecule has 8 heteroatoms. The number of aliphatic imine (C=N–C) groups is 1. The molecule has 0 radical (unpaired) electrons. The molecule has 1 saturated heterocycles. The van der Waals surface area contributed by atoms with E-state index in [0.29, 0.717) is 6.04 Å². The summed E-state index contributed by atoms with van der Waals surface area (Å²) in [6.07, 6.45) is 4.48. The quantitative estimate of drug-likeness (QED) is 0.174. The fourth-order valence-electron chi connectivity index (χ4n) is 3.95. The van der Waals surface area contributed by atoms with Gasteiger partial charge in [-0.1, -0.05) is 13.8 Å². The van der Waals surface area contributed by atoms with Crippen LogP contribution in [0.15, 0.2) is 23.2 Å². The molecule has 0 saturated carbocycles. The summed E-state index contributed by atoms with van der Waals surface area (Å²) in [5.74, 6) is 2.61. The number of benzene rings is 1. The first-order chi connectivity index (χ1) is 15.1. The van der Waals surface area contributed by atoms with Crippen molar-refractivity contribution in [2.75, 3.05) is 64.9 Å². The molecule has 1 fully saturated rings. The summed E-state index contributed by atoms with van der Waals surface area (Å²) in [5.41, 5.74) is 1.16. The summed E-state index contributed by atoms with van der Waals surface area (Å²) >= 11 is 0. The van der Waals surface area contributed by atoms with Crippen LogP contribution in [0.25, 0.3) is 0 Å². The van der Waals surface area contributed by atoms with Gasteiger partial charge in [0.1, 0.15) is 11.5 Å². The Hall–Kier alpha value is -1.42. The second kappa shape index (κ2) is 16.2. The minimum absolute atomic E-state index is 0. The van der Waals surface area contributed by atoms with Crippen LogP contribution in [0.5, 0.6) is 11.5 Å². The molecule has 2 rings (SSSR count). The van der Waals surface area contributed by atoms with E-state index in [-0.39, 0.29) is 24.0 Å². The summed E-state index contributed by atoms with van der Waals surface area (Å²) in [4.78, 5) is 9.68. The van der Waals surface area contributed by atoms with Crippen molar-refractivity contribution in [2.24, 2.45) is 4.99 Å². The van der Waals surface area contributed by atoms with Crippen LogP contribution in [0.4, 0.5) is 5.69 Å². The van der Waals surface area contributed by atoms with Crippen molar-refractivity contribution in [2.45, 2.75) is 52.5 Å². The van der Waals surface area contributed by atoms with Gasteiger partial charge < -0.3 is 29.9 Å². The van der Waals surface area contributed by atoms with Gasteiger partial charge in [0.05, 0.1) is 14.2 Å². The lowest BCUT2D eigenvalue weighted by molar-refractivity contribution is 0.297. The van der Waals surface area contributed by atoms with Crippen molar-refractivity contribution in [3.05, 3.63) is 18.2 Å². The molecule has 0 aromatic heterocycles. The molecule has 1 aromatic rings. The number of hydrogen-bond acceptors (Lipinski definition) is 5. The molecule has 0 aliphatic carbocycles. The first-order valence-corrected chi connectivity index (χ1v) is 11.9. The van der Waals surface area contributed by atoms with Gasteiger partial charge in [0.2, 0.25) is 0 Å². The monoisotopic (exact) mass is 561 g/mol. The number of methoxy groups -OCH3 is 2. The lowest BCUT2D eigenvalue weighted by atomic mass is 10.0. The number of rotatable bonds is 12. The topological polar surface area (TPSA) is 61.4 Å². The van der Waals surface area contributed by atoms with Gasteiger partial charge in [-0.15, -0.1) is 24.0 Å². The number of piperidine rings is 1. The van der Waals surface area contributed by atoms with Crippen molar-refractivity contribution in [3.63, 3.8) is 0 Å². The maximum Gasteiger partial charge on any atom is 0.191 e. The average Bonchev–Trinajstić information content (AvgIpc) is 2.81. The first-order valence-electron chi connectivity index (χ1n) is 11.9. The molecule has 0 bridgehead atoms. The third kappa shape index (κ3) is 9.60. The highest BCUT2D eigenvalue weighted by Gasteiger charge is 2.21. The highest BCUT2D eigenvalue weighted by molar-refractivity contribution is 14.0. The number of ether oxygens (including phenoxy) is 2. The van der Waals surface area contributed by atoms with E-state index >= 15 is 0 Å². The fourth-order valence-corrected chi connectivity index (χ4v) is 3.95. The Morgan fingerprint density at radius 3 is 2.19 bits per heavy atom.